The van der Waals surface area contributed by atoms with Crippen LogP contribution in [-0.2, 0) is 26.1 Å². The van der Waals surface area contributed by atoms with E-state index >= 15 is 0 Å². The average Bonchev–Trinajstić information content (AvgIpc) is 3.50. The second-order valence-electron chi connectivity index (χ2n) is 6.97. The van der Waals surface area contributed by atoms with Gasteiger partial charge in [-0.15, -0.1) is 21.5 Å². The lowest BCUT2D eigenvalue weighted by molar-refractivity contribution is -0.120. The monoisotopic (exact) mass is 494 g/mol. The van der Waals surface area contributed by atoms with Crippen LogP contribution in [0.25, 0.3) is 11.5 Å². The summed E-state index contributed by atoms with van der Waals surface area (Å²) in [5.74, 6) is 0.0551. The van der Waals surface area contributed by atoms with E-state index in [4.69, 9.17) is 9.15 Å². The van der Waals surface area contributed by atoms with E-state index in [1.165, 1.54) is 10.4 Å². The third-order valence-corrected chi connectivity index (χ3v) is 8.46. The average molecular weight is 495 g/mol. The normalized spacial score (nSPS) is 16.0. The number of amides is 1. The summed E-state index contributed by atoms with van der Waals surface area (Å²) in [6.45, 7) is 3.62. The summed E-state index contributed by atoms with van der Waals surface area (Å²) in [4.78, 5) is 13.6. The number of morpholine rings is 1. The quantitative estimate of drug-likeness (QED) is 0.475. The van der Waals surface area contributed by atoms with Gasteiger partial charge in [0.25, 0.3) is 5.22 Å². The summed E-state index contributed by atoms with van der Waals surface area (Å²) in [6, 6.07) is 10.3. The maximum atomic E-state index is 12.9. The Morgan fingerprint density at radius 3 is 2.81 bits per heavy atom. The van der Waals surface area contributed by atoms with Crippen LogP contribution >= 0.6 is 23.1 Å². The van der Waals surface area contributed by atoms with Crippen LogP contribution in [0.5, 0.6) is 0 Å². The van der Waals surface area contributed by atoms with E-state index in [-0.39, 0.29) is 21.9 Å². The molecule has 0 aliphatic carbocycles. The molecule has 3 heterocycles. The SMILES string of the molecule is C[C@H](Sc1nnc(-c2cccc(S(=O)(=O)N3CCOCC3)c2)o1)C(=O)NCc1cccs1. The van der Waals surface area contributed by atoms with E-state index in [2.05, 4.69) is 15.5 Å². The number of hydrogen-bond donors (Lipinski definition) is 1. The minimum atomic E-state index is -3.63. The maximum absolute atomic E-state index is 12.9. The van der Waals surface area contributed by atoms with Gasteiger partial charge in [-0.05, 0) is 36.6 Å². The fourth-order valence-electron chi connectivity index (χ4n) is 3.04. The number of hydrogen-bond acceptors (Lipinski definition) is 9. The van der Waals surface area contributed by atoms with Crippen molar-refractivity contribution in [2.75, 3.05) is 26.3 Å². The Morgan fingerprint density at radius 2 is 2.06 bits per heavy atom. The summed E-state index contributed by atoms with van der Waals surface area (Å²) < 4.78 is 38.1. The van der Waals surface area contributed by atoms with Gasteiger partial charge in [-0.1, -0.05) is 23.9 Å². The third kappa shape index (κ3) is 5.38. The van der Waals surface area contributed by atoms with E-state index in [0.29, 0.717) is 38.4 Å². The predicted molar refractivity (Wildman–Crippen MR) is 121 cm³/mol. The number of ether oxygens (including phenoxy) is 1. The zero-order valence-electron chi connectivity index (χ0n) is 17.3. The van der Waals surface area contributed by atoms with Crippen molar-refractivity contribution in [3.8, 4) is 11.5 Å². The number of carbonyl (C=O) groups excluding carboxylic acids is 1. The fourth-order valence-corrected chi connectivity index (χ4v) is 5.84. The zero-order valence-corrected chi connectivity index (χ0v) is 19.7. The lowest BCUT2D eigenvalue weighted by Gasteiger charge is -2.26. The second-order valence-corrected chi connectivity index (χ2v) is 11.2. The summed E-state index contributed by atoms with van der Waals surface area (Å²) in [5.41, 5.74) is 0.494. The number of carbonyl (C=O) groups is 1. The fraction of sp³-hybridized carbons (Fsp3) is 0.350. The summed E-state index contributed by atoms with van der Waals surface area (Å²) in [7, 11) is -3.63. The van der Waals surface area contributed by atoms with Gasteiger partial charge < -0.3 is 14.5 Å². The number of thiophene rings is 1. The Labute approximate surface area is 194 Å². The molecule has 1 atom stereocenters. The number of nitrogens with zero attached hydrogens (tertiary/aromatic N) is 3. The summed E-state index contributed by atoms with van der Waals surface area (Å²) in [5, 5.41) is 12.7. The van der Waals surface area contributed by atoms with Crippen molar-refractivity contribution in [1.29, 1.82) is 0 Å². The van der Waals surface area contributed by atoms with Gasteiger partial charge in [-0.3, -0.25) is 4.79 Å². The van der Waals surface area contributed by atoms with Crippen LogP contribution in [0.4, 0.5) is 0 Å². The molecular formula is C20H22N4O5S3. The molecule has 0 radical (unpaired) electrons. The van der Waals surface area contributed by atoms with Gasteiger partial charge in [0.2, 0.25) is 21.8 Å². The van der Waals surface area contributed by atoms with Crippen LogP contribution in [0.3, 0.4) is 0 Å². The molecule has 1 amide bonds. The van der Waals surface area contributed by atoms with Crippen LogP contribution in [0.2, 0.25) is 0 Å². The number of nitrogens with one attached hydrogen (secondary N) is 1. The Balaban J connectivity index is 1.42. The van der Waals surface area contributed by atoms with Crippen molar-refractivity contribution in [1.82, 2.24) is 19.8 Å². The molecule has 2 aromatic heterocycles. The first-order valence-electron chi connectivity index (χ1n) is 9.92. The lowest BCUT2D eigenvalue weighted by atomic mass is 10.2. The Bertz CT molecular complexity index is 1160. The predicted octanol–water partition coefficient (Wildman–Crippen LogP) is 2.62. The number of thioether (sulfide) groups is 1. The Kier molecular flexibility index (Phi) is 7.26. The molecule has 1 aliphatic rings. The maximum Gasteiger partial charge on any atom is 0.277 e. The standard InChI is InChI=1S/C20H22N4O5S3/c1-14(18(25)21-13-16-5-3-11-30-16)31-20-23-22-19(29-20)15-4-2-6-17(12-15)32(26,27)24-7-9-28-10-8-24/h2-6,11-12,14H,7-10,13H2,1H3,(H,21,25)/t14-/m0/s1. The highest BCUT2D eigenvalue weighted by Crippen LogP contribution is 2.28. The van der Waals surface area contributed by atoms with E-state index in [9.17, 15) is 13.2 Å². The van der Waals surface area contributed by atoms with Crippen molar-refractivity contribution in [2.24, 2.45) is 0 Å². The minimum absolute atomic E-state index is 0.137. The molecule has 170 valence electrons. The van der Waals surface area contributed by atoms with Crippen LogP contribution < -0.4 is 5.32 Å². The molecule has 0 bridgehead atoms. The first-order chi connectivity index (χ1) is 15.4. The van der Waals surface area contributed by atoms with Crippen molar-refractivity contribution in [3.63, 3.8) is 0 Å². The zero-order chi connectivity index (χ0) is 22.6. The molecule has 0 spiro atoms. The third-order valence-electron chi connectivity index (χ3n) is 4.76. The van der Waals surface area contributed by atoms with Gasteiger partial charge in [-0.25, -0.2) is 8.42 Å². The van der Waals surface area contributed by atoms with Crippen molar-refractivity contribution >= 4 is 39.0 Å². The largest absolute Gasteiger partial charge is 0.411 e. The van der Waals surface area contributed by atoms with Gasteiger partial charge in [0.05, 0.1) is 29.9 Å². The lowest BCUT2D eigenvalue weighted by Crippen LogP contribution is -2.40. The molecule has 9 nitrogen and oxygen atoms in total. The molecule has 12 heteroatoms. The van der Waals surface area contributed by atoms with E-state index in [0.717, 1.165) is 16.6 Å². The van der Waals surface area contributed by atoms with Crippen LogP contribution in [-0.4, -0.2) is 60.4 Å². The number of aromatic nitrogens is 2. The highest BCUT2D eigenvalue weighted by molar-refractivity contribution is 8.00. The first kappa shape index (κ1) is 22.9. The van der Waals surface area contributed by atoms with Gasteiger partial charge in [-0.2, -0.15) is 4.31 Å². The molecule has 3 aromatic rings. The van der Waals surface area contributed by atoms with Crippen molar-refractivity contribution < 1.29 is 22.4 Å². The van der Waals surface area contributed by atoms with Crippen LogP contribution in [0, 0.1) is 0 Å². The molecule has 4 rings (SSSR count). The van der Waals surface area contributed by atoms with E-state index in [1.54, 1.807) is 36.5 Å². The van der Waals surface area contributed by atoms with Crippen LogP contribution in [0.15, 0.2) is 56.3 Å². The molecule has 1 fully saturated rings. The molecule has 0 saturated carbocycles. The Morgan fingerprint density at radius 1 is 1.25 bits per heavy atom. The van der Waals surface area contributed by atoms with Crippen molar-refractivity contribution in [2.45, 2.75) is 28.8 Å². The molecular weight excluding hydrogens is 472 g/mol. The minimum Gasteiger partial charge on any atom is -0.411 e. The Hall–Kier alpha value is -2.25. The van der Waals surface area contributed by atoms with Crippen molar-refractivity contribution in [3.05, 3.63) is 46.7 Å². The number of sulfonamides is 1. The van der Waals surface area contributed by atoms with Gasteiger partial charge in [0.15, 0.2) is 0 Å². The van der Waals surface area contributed by atoms with Crippen LogP contribution in [0.1, 0.15) is 11.8 Å². The molecule has 0 unspecified atom stereocenters. The first-order valence-corrected chi connectivity index (χ1v) is 13.1. The highest BCUT2D eigenvalue weighted by atomic mass is 32.2. The number of benzene rings is 1. The second kappa shape index (κ2) is 10.1. The molecule has 1 saturated heterocycles. The smallest absolute Gasteiger partial charge is 0.277 e. The molecule has 1 N–H and O–H groups in total. The molecule has 1 aliphatic heterocycles. The van der Waals surface area contributed by atoms with E-state index in [1.807, 2.05) is 17.5 Å². The topological polar surface area (TPSA) is 115 Å². The van der Waals surface area contributed by atoms with Gasteiger partial charge >= 0.3 is 0 Å². The van der Waals surface area contributed by atoms with Gasteiger partial charge in [0, 0.05) is 23.5 Å². The molecule has 32 heavy (non-hydrogen) atoms. The summed E-state index contributed by atoms with van der Waals surface area (Å²) in [6.07, 6.45) is 0. The van der Waals surface area contributed by atoms with E-state index < -0.39 is 15.3 Å². The van der Waals surface area contributed by atoms with Gasteiger partial charge in [0.1, 0.15) is 0 Å². The number of rotatable bonds is 8. The highest BCUT2D eigenvalue weighted by Gasteiger charge is 2.27. The summed E-state index contributed by atoms with van der Waals surface area (Å²) >= 11 is 2.73. The molecule has 1 aromatic carbocycles.